The zero-order valence-corrected chi connectivity index (χ0v) is 11.4. The van der Waals surface area contributed by atoms with Crippen LogP contribution in [-0.4, -0.2) is 29.5 Å². The van der Waals surface area contributed by atoms with Crippen LogP contribution in [0.15, 0.2) is 41.8 Å². The summed E-state index contributed by atoms with van der Waals surface area (Å²) < 4.78 is 39.0. The Morgan fingerprint density at radius 2 is 2.00 bits per heavy atom. The lowest BCUT2D eigenvalue weighted by Crippen LogP contribution is -2.37. The SMILES string of the molecule is CC(NS(=O)(=O)c1cnc[nH]1)C(O)c1ccc(F)cc1. The van der Waals surface area contributed by atoms with Gasteiger partial charge in [-0.05, 0) is 24.6 Å². The smallest absolute Gasteiger partial charge is 0.257 e. The number of aliphatic hydroxyl groups excluding tert-OH is 1. The molecule has 0 saturated carbocycles. The molecular formula is C12H14FN3O3S. The van der Waals surface area contributed by atoms with Gasteiger partial charge in [0, 0.05) is 6.04 Å². The van der Waals surface area contributed by atoms with E-state index in [9.17, 15) is 17.9 Å². The van der Waals surface area contributed by atoms with E-state index in [1.54, 1.807) is 0 Å². The molecule has 0 fully saturated rings. The molecule has 1 aromatic heterocycles. The van der Waals surface area contributed by atoms with Crippen molar-refractivity contribution in [1.29, 1.82) is 0 Å². The number of hydrogen-bond acceptors (Lipinski definition) is 4. The second kappa shape index (κ2) is 5.70. The van der Waals surface area contributed by atoms with E-state index in [1.165, 1.54) is 43.7 Å². The largest absolute Gasteiger partial charge is 0.387 e. The number of H-pyrrole nitrogens is 1. The second-order valence-corrected chi connectivity index (χ2v) is 6.00. The van der Waals surface area contributed by atoms with E-state index in [2.05, 4.69) is 14.7 Å². The van der Waals surface area contributed by atoms with Crippen molar-refractivity contribution < 1.29 is 17.9 Å². The molecule has 2 rings (SSSR count). The van der Waals surface area contributed by atoms with Gasteiger partial charge >= 0.3 is 0 Å². The van der Waals surface area contributed by atoms with Crippen LogP contribution in [0.1, 0.15) is 18.6 Å². The van der Waals surface area contributed by atoms with E-state index in [0.717, 1.165) is 0 Å². The Balaban J connectivity index is 2.12. The van der Waals surface area contributed by atoms with Gasteiger partial charge in [-0.1, -0.05) is 12.1 Å². The number of halogens is 1. The summed E-state index contributed by atoms with van der Waals surface area (Å²) in [6.07, 6.45) is 1.32. The molecule has 1 heterocycles. The van der Waals surface area contributed by atoms with E-state index in [1.807, 2.05) is 0 Å². The van der Waals surface area contributed by atoms with Gasteiger partial charge in [0.15, 0.2) is 5.03 Å². The molecule has 0 spiro atoms. The summed E-state index contributed by atoms with van der Waals surface area (Å²) in [4.78, 5) is 6.11. The highest BCUT2D eigenvalue weighted by Gasteiger charge is 2.24. The summed E-state index contributed by atoms with van der Waals surface area (Å²) >= 11 is 0. The Labute approximate surface area is 115 Å². The van der Waals surface area contributed by atoms with Crippen LogP contribution in [0, 0.1) is 5.82 Å². The molecule has 20 heavy (non-hydrogen) atoms. The molecular weight excluding hydrogens is 285 g/mol. The highest BCUT2D eigenvalue weighted by molar-refractivity contribution is 7.89. The van der Waals surface area contributed by atoms with Crippen LogP contribution in [-0.2, 0) is 10.0 Å². The Morgan fingerprint density at radius 3 is 2.55 bits per heavy atom. The maximum Gasteiger partial charge on any atom is 0.257 e. The number of rotatable bonds is 5. The molecule has 0 radical (unpaired) electrons. The van der Waals surface area contributed by atoms with Crippen molar-refractivity contribution in [2.45, 2.75) is 24.1 Å². The van der Waals surface area contributed by atoms with Gasteiger partial charge in [-0.2, -0.15) is 0 Å². The van der Waals surface area contributed by atoms with Crippen molar-refractivity contribution in [3.05, 3.63) is 48.2 Å². The third-order valence-electron chi connectivity index (χ3n) is 2.79. The van der Waals surface area contributed by atoms with Crippen molar-refractivity contribution in [2.75, 3.05) is 0 Å². The van der Waals surface area contributed by atoms with E-state index in [0.29, 0.717) is 5.56 Å². The predicted molar refractivity (Wildman–Crippen MR) is 69.7 cm³/mol. The lowest BCUT2D eigenvalue weighted by Gasteiger charge is -2.20. The van der Waals surface area contributed by atoms with Crippen molar-refractivity contribution in [1.82, 2.24) is 14.7 Å². The van der Waals surface area contributed by atoms with Gasteiger partial charge in [-0.25, -0.2) is 22.5 Å². The summed E-state index contributed by atoms with van der Waals surface area (Å²) in [5.41, 5.74) is 0.422. The number of nitrogens with one attached hydrogen (secondary N) is 2. The fraction of sp³-hybridized carbons (Fsp3) is 0.250. The first kappa shape index (κ1) is 14.6. The summed E-state index contributed by atoms with van der Waals surface area (Å²) in [5, 5.41) is 9.98. The van der Waals surface area contributed by atoms with Crippen LogP contribution in [0.5, 0.6) is 0 Å². The third-order valence-corrected chi connectivity index (χ3v) is 4.27. The summed E-state index contributed by atoms with van der Waals surface area (Å²) in [6, 6.07) is 4.43. The highest BCUT2D eigenvalue weighted by Crippen LogP contribution is 2.18. The predicted octanol–water partition coefficient (Wildman–Crippen LogP) is 0.949. The first-order valence-electron chi connectivity index (χ1n) is 5.84. The summed E-state index contributed by atoms with van der Waals surface area (Å²) in [6.45, 7) is 1.52. The maximum absolute atomic E-state index is 12.8. The number of aliphatic hydroxyl groups is 1. The van der Waals surface area contributed by atoms with E-state index in [4.69, 9.17) is 0 Å². The van der Waals surface area contributed by atoms with Gasteiger partial charge in [-0.3, -0.25) is 0 Å². The average Bonchev–Trinajstić information content (AvgIpc) is 2.93. The lowest BCUT2D eigenvalue weighted by atomic mass is 10.0. The molecule has 0 aliphatic carbocycles. The molecule has 2 atom stereocenters. The number of aromatic nitrogens is 2. The fourth-order valence-electron chi connectivity index (χ4n) is 1.71. The molecule has 8 heteroatoms. The molecule has 2 aromatic rings. The Kier molecular flexibility index (Phi) is 4.17. The second-order valence-electron chi connectivity index (χ2n) is 4.32. The summed E-state index contributed by atoms with van der Waals surface area (Å²) in [5.74, 6) is -0.424. The van der Waals surface area contributed by atoms with E-state index < -0.39 is 28.0 Å². The average molecular weight is 299 g/mol. The van der Waals surface area contributed by atoms with Gasteiger partial charge < -0.3 is 10.1 Å². The molecule has 6 nitrogen and oxygen atoms in total. The van der Waals surface area contributed by atoms with Gasteiger partial charge in [0.1, 0.15) is 5.82 Å². The van der Waals surface area contributed by atoms with Crippen LogP contribution < -0.4 is 4.72 Å². The first-order valence-corrected chi connectivity index (χ1v) is 7.33. The van der Waals surface area contributed by atoms with Gasteiger partial charge in [0.2, 0.25) is 0 Å². The standard InChI is InChI=1S/C12H14FN3O3S/c1-8(12(17)9-2-4-10(13)5-3-9)16-20(18,19)11-6-14-7-15-11/h2-8,12,16-17H,1H3,(H,14,15). The van der Waals surface area contributed by atoms with Gasteiger partial charge in [-0.15, -0.1) is 0 Å². The first-order chi connectivity index (χ1) is 9.40. The molecule has 2 unspecified atom stereocenters. The molecule has 1 aromatic carbocycles. The van der Waals surface area contributed by atoms with Crippen LogP contribution in [0.2, 0.25) is 0 Å². The van der Waals surface area contributed by atoms with E-state index >= 15 is 0 Å². The van der Waals surface area contributed by atoms with Crippen molar-refractivity contribution >= 4 is 10.0 Å². The van der Waals surface area contributed by atoms with Crippen LogP contribution >= 0.6 is 0 Å². The third kappa shape index (κ3) is 3.21. The highest BCUT2D eigenvalue weighted by atomic mass is 32.2. The van der Waals surface area contributed by atoms with Crippen molar-refractivity contribution in [2.24, 2.45) is 0 Å². The lowest BCUT2D eigenvalue weighted by molar-refractivity contribution is 0.146. The Morgan fingerprint density at radius 1 is 1.35 bits per heavy atom. The van der Waals surface area contributed by atoms with Crippen molar-refractivity contribution in [3.63, 3.8) is 0 Å². The zero-order valence-electron chi connectivity index (χ0n) is 10.6. The maximum atomic E-state index is 12.8. The van der Waals surface area contributed by atoms with Crippen LogP contribution in [0.4, 0.5) is 4.39 Å². The molecule has 0 amide bonds. The topological polar surface area (TPSA) is 95.1 Å². The summed E-state index contributed by atoms with van der Waals surface area (Å²) in [7, 11) is -3.78. The molecule has 0 saturated heterocycles. The normalized spacial score (nSPS) is 14.9. The van der Waals surface area contributed by atoms with E-state index in [-0.39, 0.29) is 5.03 Å². The van der Waals surface area contributed by atoms with Crippen molar-refractivity contribution in [3.8, 4) is 0 Å². The van der Waals surface area contributed by atoms with Gasteiger partial charge in [0.25, 0.3) is 10.0 Å². The number of sulfonamides is 1. The minimum absolute atomic E-state index is 0.0874. The molecule has 108 valence electrons. The molecule has 0 bridgehead atoms. The Bertz CT molecular complexity index is 656. The van der Waals surface area contributed by atoms with Crippen LogP contribution in [0.25, 0.3) is 0 Å². The molecule has 0 aliphatic rings. The fourth-order valence-corrected chi connectivity index (χ4v) is 2.86. The number of nitrogens with zero attached hydrogens (tertiary/aromatic N) is 1. The molecule has 3 N–H and O–H groups in total. The monoisotopic (exact) mass is 299 g/mol. The Hall–Kier alpha value is -1.77. The molecule has 0 aliphatic heterocycles. The number of hydrogen-bond donors (Lipinski definition) is 3. The minimum Gasteiger partial charge on any atom is -0.387 e. The van der Waals surface area contributed by atoms with Gasteiger partial charge in [0.05, 0.1) is 18.6 Å². The zero-order chi connectivity index (χ0) is 14.8. The number of imidazole rings is 1. The number of aromatic amines is 1. The minimum atomic E-state index is -3.78. The quantitative estimate of drug-likeness (QED) is 0.766. The van der Waals surface area contributed by atoms with Crippen LogP contribution in [0.3, 0.4) is 0 Å². The number of benzene rings is 1.